The van der Waals surface area contributed by atoms with E-state index in [0.29, 0.717) is 5.88 Å². The number of nitrogens with zero attached hydrogens (tertiary/aromatic N) is 3. The fourth-order valence-electron chi connectivity index (χ4n) is 2.87. The molecule has 2 heterocycles. The summed E-state index contributed by atoms with van der Waals surface area (Å²) in [6.07, 6.45) is 6.99. The molecule has 1 aromatic heterocycles. The van der Waals surface area contributed by atoms with E-state index in [1.165, 1.54) is 5.56 Å². The van der Waals surface area contributed by atoms with Crippen LogP contribution < -0.4 is 4.74 Å². The lowest BCUT2D eigenvalue weighted by atomic mass is 10.1. The predicted molar refractivity (Wildman–Crippen MR) is 97.4 cm³/mol. The minimum absolute atomic E-state index is 0.133. The first kappa shape index (κ1) is 18.9. The van der Waals surface area contributed by atoms with Gasteiger partial charge in [-0.1, -0.05) is 12.1 Å². The molecule has 5 nitrogen and oxygen atoms in total. The Balaban J connectivity index is 1.92. The van der Waals surface area contributed by atoms with Crippen LogP contribution in [0, 0.1) is 0 Å². The SMILES string of the molecule is C=CCC[C@@H](CN1CCCOCC1)Oc1ccc(CN(C)C)cn1. The highest BCUT2D eigenvalue weighted by atomic mass is 16.5. The van der Waals surface area contributed by atoms with Gasteiger partial charge in [0.2, 0.25) is 5.88 Å². The Labute approximate surface area is 146 Å². The standard InChI is InChI=1S/C19H31N3O2/c1-4-5-7-18(16-22-10-6-12-23-13-11-22)24-19-9-8-17(14-20-19)15-21(2)3/h4,8-9,14,18H,1,5-7,10-13,15-16H2,2-3H3/t18-/m0/s1. The van der Waals surface area contributed by atoms with E-state index >= 15 is 0 Å². The molecular weight excluding hydrogens is 302 g/mol. The molecule has 0 radical (unpaired) electrons. The number of pyridine rings is 1. The number of hydrogen-bond acceptors (Lipinski definition) is 5. The molecule has 0 saturated carbocycles. The van der Waals surface area contributed by atoms with Crippen molar-refractivity contribution < 1.29 is 9.47 Å². The first-order valence-electron chi connectivity index (χ1n) is 8.84. The third kappa shape index (κ3) is 6.99. The van der Waals surface area contributed by atoms with Crippen molar-refractivity contribution in [3.63, 3.8) is 0 Å². The Kier molecular flexibility index (Phi) is 8.22. The summed E-state index contributed by atoms with van der Waals surface area (Å²) in [4.78, 5) is 9.04. The molecule has 5 heteroatoms. The quantitative estimate of drug-likeness (QED) is 0.649. The van der Waals surface area contributed by atoms with E-state index in [9.17, 15) is 0 Å². The molecule has 0 amide bonds. The van der Waals surface area contributed by atoms with Gasteiger partial charge in [0, 0.05) is 45.0 Å². The van der Waals surface area contributed by atoms with Crippen LogP contribution in [0.3, 0.4) is 0 Å². The topological polar surface area (TPSA) is 37.8 Å². The lowest BCUT2D eigenvalue weighted by Crippen LogP contribution is -2.37. The third-order valence-corrected chi connectivity index (χ3v) is 4.05. The molecule has 24 heavy (non-hydrogen) atoms. The largest absolute Gasteiger partial charge is 0.473 e. The van der Waals surface area contributed by atoms with Gasteiger partial charge in [0.25, 0.3) is 0 Å². The zero-order valence-corrected chi connectivity index (χ0v) is 15.1. The zero-order valence-electron chi connectivity index (χ0n) is 15.1. The minimum atomic E-state index is 0.133. The Bertz CT molecular complexity index is 468. The summed E-state index contributed by atoms with van der Waals surface area (Å²) >= 11 is 0. The van der Waals surface area contributed by atoms with Crippen molar-refractivity contribution in [2.45, 2.75) is 31.9 Å². The van der Waals surface area contributed by atoms with Gasteiger partial charge in [0.15, 0.2) is 0 Å². The van der Waals surface area contributed by atoms with Gasteiger partial charge in [-0.05, 0) is 38.9 Å². The highest BCUT2D eigenvalue weighted by molar-refractivity contribution is 5.18. The molecule has 0 spiro atoms. The lowest BCUT2D eigenvalue weighted by Gasteiger charge is -2.26. The molecule has 1 atom stereocenters. The van der Waals surface area contributed by atoms with Crippen LogP contribution in [-0.4, -0.2) is 67.8 Å². The summed E-state index contributed by atoms with van der Waals surface area (Å²) in [6, 6.07) is 4.07. The van der Waals surface area contributed by atoms with E-state index in [-0.39, 0.29) is 6.10 Å². The van der Waals surface area contributed by atoms with Crippen molar-refractivity contribution in [2.75, 3.05) is 46.9 Å². The normalized spacial score (nSPS) is 17.5. The maximum absolute atomic E-state index is 6.17. The van der Waals surface area contributed by atoms with Crippen LogP contribution in [0.25, 0.3) is 0 Å². The van der Waals surface area contributed by atoms with Crippen LogP contribution in [0.5, 0.6) is 5.88 Å². The van der Waals surface area contributed by atoms with E-state index in [4.69, 9.17) is 9.47 Å². The fourth-order valence-corrected chi connectivity index (χ4v) is 2.87. The Morgan fingerprint density at radius 2 is 2.25 bits per heavy atom. The van der Waals surface area contributed by atoms with Gasteiger partial charge >= 0.3 is 0 Å². The minimum Gasteiger partial charge on any atom is -0.473 e. The van der Waals surface area contributed by atoms with Gasteiger partial charge in [-0.15, -0.1) is 6.58 Å². The van der Waals surface area contributed by atoms with Gasteiger partial charge in [0.1, 0.15) is 6.10 Å². The van der Waals surface area contributed by atoms with Crippen LogP contribution in [0.2, 0.25) is 0 Å². The average molecular weight is 333 g/mol. The molecule has 1 aliphatic rings. The Hall–Kier alpha value is -1.43. The summed E-state index contributed by atoms with van der Waals surface area (Å²) in [7, 11) is 4.11. The third-order valence-electron chi connectivity index (χ3n) is 4.05. The molecule has 1 fully saturated rings. The van der Waals surface area contributed by atoms with Gasteiger partial charge in [-0.3, -0.25) is 4.90 Å². The molecular formula is C19H31N3O2. The second kappa shape index (κ2) is 10.4. The molecule has 0 N–H and O–H groups in total. The first-order chi connectivity index (χ1) is 11.7. The second-order valence-corrected chi connectivity index (χ2v) is 6.61. The van der Waals surface area contributed by atoms with Crippen molar-refractivity contribution in [2.24, 2.45) is 0 Å². The second-order valence-electron chi connectivity index (χ2n) is 6.61. The maximum atomic E-state index is 6.17. The van der Waals surface area contributed by atoms with Crippen molar-refractivity contribution in [1.82, 2.24) is 14.8 Å². The van der Waals surface area contributed by atoms with E-state index < -0.39 is 0 Å². The average Bonchev–Trinajstić information content (AvgIpc) is 2.82. The van der Waals surface area contributed by atoms with Gasteiger partial charge in [0.05, 0.1) is 6.61 Å². The van der Waals surface area contributed by atoms with Gasteiger partial charge < -0.3 is 14.4 Å². The van der Waals surface area contributed by atoms with Crippen molar-refractivity contribution in [1.29, 1.82) is 0 Å². The van der Waals surface area contributed by atoms with E-state index in [1.54, 1.807) is 0 Å². The van der Waals surface area contributed by atoms with Crippen LogP contribution in [0.4, 0.5) is 0 Å². The molecule has 1 saturated heterocycles. The fraction of sp³-hybridized carbons (Fsp3) is 0.632. The summed E-state index contributed by atoms with van der Waals surface area (Å²) in [5.41, 5.74) is 1.19. The first-order valence-corrected chi connectivity index (χ1v) is 8.84. The van der Waals surface area contributed by atoms with Gasteiger partial charge in [-0.25, -0.2) is 4.98 Å². The number of rotatable bonds is 9. The monoisotopic (exact) mass is 333 g/mol. The van der Waals surface area contributed by atoms with E-state index in [0.717, 1.165) is 58.7 Å². The molecule has 134 valence electrons. The number of ether oxygens (including phenoxy) is 2. The van der Waals surface area contributed by atoms with Crippen molar-refractivity contribution >= 4 is 0 Å². The van der Waals surface area contributed by atoms with Crippen LogP contribution in [-0.2, 0) is 11.3 Å². The maximum Gasteiger partial charge on any atom is 0.213 e. The van der Waals surface area contributed by atoms with Gasteiger partial charge in [-0.2, -0.15) is 0 Å². The molecule has 1 aliphatic heterocycles. The molecule has 2 rings (SSSR count). The van der Waals surface area contributed by atoms with Crippen molar-refractivity contribution in [3.05, 3.63) is 36.5 Å². The molecule has 0 unspecified atom stereocenters. The Morgan fingerprint density at radius 3 is 2.96 bits per heavy atom. The van der Waals surface area contributed by atoms with E-state index in [1.807, 2.05) is 18.3 Å². The van der Waals surface area contributed by atoms with Crippen LogP contribution >= 0.6 is 0 Å². The number of hydrogen-bond donors (Lipinski definition) is 0. The molecule has 0 bridgehead atoms. The summed E-state index contributed by atoms with van der Waals surface area (Å²) < 4.78 is 11.7. The van der Waals surface area contributed by atoms with E-state index in [2.05, 4.69) is 41.5 Å². The van der Waals surface area contributed by atoms with Crippen LogP contribution in [0.15, 0.2) is 31.0 Å². The summed E-state index contributed by atoms with van der Waals surface area (Å²) in [6.45, 7) is 9.36. The Morgan fingerprint density at radius 1 is 1.38 bits per heavy atom. The predicted octanol–water partition coefficient (Wildman–Crippen LogP) is 2.58. The molecule has 0 aromatic carbocycles. The van der Waals surface area contributed by atoms with Crippen LogP contribution in [0.1, 0.15) is 24.8 Å². The van der Waals surface area contributed by atoms with Crippen molar-refractivity contribution in [3.8, 4) is 5.88 Å². The zero-order chi connectivity index (χ0) is 17.2. The lowest BCUT2D eigenvalue weighted by molar-refractivity contribution is 0.109. The summed E-state index contributed by atoms with van der Waals surface area (Å²) in [5, 5.41) is 0. The summed E-state index contributed by atoms with van der Waals surface area (Å²) in [5.74, 6) is 0.706. The smallest absolute Gasteiger partial charge is 0.213 e. The number of aromatic nitrogens is 1. The molecule has 1 aromatic rings. The highest BCUT2D eigenvalue weighted by Gasteiger charge is 2.17. The number of allylic oxidation sites excluding steroid dienone is 1. The highest BCUT2D eigenvalue weighted by Crippen LogP contribution is 2.15. The molecule has 0 aliphatic carbocycles.